The van der Waals surface area contributed by atoms with E-state index in [4.69, 9.17) is 4.74 Å². The van der Waals surface area contributed by atoms with Crippen molar-refractivity contribution < 1.29 is 24.5 Å². The summed E-state index contributed by atoms with van der Waals surface area (Å²) in [5.41, 5.74) is 3.36. The molecule has 2 amide bonds. The number of phenolic OH excluding ortho intramolecular Hbond substituents is 2. The van der Waals surface area contributed by atoms with Crippen molar-refractivity contribution in [2.75, 3.05) is 32.8 Å². The SMILES string of the molecule is Cc1ccc(C)c(OCC(=O)N2CCCN(C(=O)c3cc(O)cc(O)c3)CC2)c1C. The Morgan fingerprint density at radius 3 is 2.20 bits per heavy atom. The van der Waals surface area contributed by atoms with E-state index in [0.29, 0.717) is 32.6 Å². The number of amides is 2. The predicted molar refractivity (Wildman–Crippen MR) is 113 cm³/mol. The lowest BCUT2D eigenvalue weighted by Crippen LogP contribution is -2.39. The third-order valence-electron chi connectivity index (χ3n) is 5.50. The standard InChI is InChI=1S/C23H28N2O5/c1-15-5-6-16(2)22(17(15)3)30-14-21(28)24-7-4-8-25(10-9-24)23(29)18-11-19(26)13-20(27)12-18/h5-6,11-13,26-27H,4,7-10,14H2,1-3H3. The number of rotatable bonds is 4. The maximum absolute atomic E-state index is 12.7. The molecule has 7 nitrogen and oxygen atoms in total. The van der Waals surface area contributed by atoms with Crippen LogP contribution in [0.15, 0.2) is 30.3 Å². The first-order valence-electron chi connectivity index (χ1n) is 10.1. The van der Waals surface area contributed by atoms with E-state index in [1.165, 1.54) is 18.2 Å². The van der Waals surface area contributed by atoms with Gasteiger partial charge in [0.05, 0.1) is 0 Å². The van der Waals surface area contributed by atoms with Gasteiger partial charge in [0, 0.05) is 37.8 Å². The highest BCUT2D eigenvalue weighted by Crippen LogP contribution is 2.26. The second-order valence-corrected chi connectivity index (χ2v) is 7.71. The van der Waals surface area contributed by atoms with Crippen molar-refractivity contribution in [1.82, 2.24) is 9.80 Å². The number of aromatic hydroxyl groups is 2. The number of carbonyl (C=O) groups is 2. The molecule has 1 aliphatic rings. The molecule has 30 heavy (non-hydrogen) atoms. The van der Waals surface area contributed by atoms with Gasteiger partial charge in [-0.2, -0.15) is 0 Å². The van der Waals surface area contributed by atoms with Gasteiger partial charge in [-0.25, -0.2) is 0 Å². The van der Waals surface area contributed by atoms with Crippen LogP contribution in [-0.2, 0) is 4.79 Å². The quantitative estimate of drug-likeness (QED) is 0.806. The predicted octanol–water partition coefficient (Wildman–Crippen LogP) is 2.78. The van der Waals surface area contributed by atoms with E-state index in [9.17, 15) is 19.8 Å². The third-order valence-corrected chi connectivity index (χ3v) is 5.50. The molecule has 0 aliphatic carbocycles. The van der Waals surface area contributed by atoms with Crippen LogP contribution in [0, 0.1) is 20.8 Å². The summed E-state index contributed by atoms with van der Waals surface area (Å²) >= 11 is 0. The monoisotopic (exact) mass is 412 g/mol. The number of aryl methyl sites for hydroxylation is 2. The molecule has 0 radical (unpaired) electrons. The van der Waals surface area contributed by atoms with Gasteiger partial charge in [-0.15, -0.1) is 0 Å². The van der Waals surface area contributed by atoms with Gasteiger partial charge in [-0.3, -0.25) is 9.59 Å². The lowest BCUT2D eigenvalue weighted by atomic mass is 10.1. The van der Waals surface area contributed by atoms with Crippen LogP contribution in [0.3, 0.4) is 0 Å². The first-order chi connectivity index (χ1) is 14.3. The normalized spacial score (nSPS) is 14.4. The second kappa shape index (κ2) is 9.07. The Labute approximate surface area is 176 Å². The minimum Gasteiger partial charge on any atom is -0.508 e. The third kappa shape index (κ3) is 4.84. The van der Waals surface area contributed by atoms with Crippen LogP contribution in [0.25, 0.3) is 0 Å². The first kappa shape index (κ1) is 21.5. The van der Waals surface area contributed by atoms with E-state index < -0.39 is 0 Å². The molecular weight excluding hydrogens is 384 g/mol. The number of benzene rings is 2. The molecular formula is C23H28N2O5. The molecule has 0 spiro atoms. The molecule has 1 aliphatic heterocycles. The zero-order valence-electron chi connectivity index (χ0n) is 17.6. The molecule has 160 valence electrons. The fraction of sp³-hybridized carbons (Fsp3) is 0.391. The average molecular weight is 412 g/mol. The molecule has 0 aromatic heterocycles. The number of hydrogen-bond donors (Lipinski definition) is 2. The van der Waals surface area contributed by atoms with Crippen molar-refractivity contribution in [2.24, 2.45) is 0 Å². The summed E-state index contributed by atoms with van der Waals surface area (Å²) in [6, 6.07) is 7.85. The minimum absolute atomic E-state index is 0.0422. The van der Waals surface area contributed by atoms with Crippen molar-refractivity contribution in [1.29, 1.82) is 0 Å². The number of nitrogens with zero attached hydrogens (tertiary/aromatic N) is 2. The van der Waals surface area contributed by atoms with Gasteiger partial charge in [0.15, 0.2) is 6.61 Å². The Morgan fingerprint density at radius 2 is 1.50 bits per heavy atom. The van der Waals surface area contributed by atoms with Gasteiger partial charge >= 0.3 is 0 Å². The second-order valence-electron chi connectivity index (χ2n) is 7.71. The van der Waals surface area contributed by atoms with Crippen LogP contribution < -0.4 is 4.74 Å². The van der Waals surface area contributed by atoms with Gasteiger partial charge in [-0.05, 0) is 56.0 Å². The van der Waals surface area contributed by atoms with Crippen LogP contribution in [0.4, 0.5) is 0 Å². The van der Waals surface area contributed by atoms with Crippen molar-refractivity contribution in [3.63, 3.8) is 0 Å². The molecule has 1 heterocycles. The molecule has 2 N–H and O–H groups in total. The molecule has 0 saturated carbocycles. The van der Waals surface area contributed by atoms with E-state index in [1.807, 2.05) is 32.9 Å². The van der Waals surface area contributed by atoms with E-state index >= 15 is 0 Å². The Balaban J connectivity index is 1.60. The van der Waals surface area contributed by atoms with Crippen molar-refractivity contribution in [3.05, 3.63) is 52.6 Å². The average Bonchev–Trinajstić information content (AvgIpc) is 2.95. The van der Waals surface area contributed by atoms with Gasteiger partial charge < -0.3 is 24.7 Å². The van der Waals surface area contributed by atoms with Crippen molar-refractivity contribution in [3.8, 4) is 17.2 Å². The summed E-state index contributed by atoms with van der Waals surface area (Å²) in [7, 11) is 0. The smallest absolute Gasteiger partial charge is 0.260 e. The lowest BCUT2D eigenvalue weighted by Gasteiger charge is -2.23. The summed E-state index contributed by atoms with van der Waals surface area (Å²) in [5, 5.41) is 19.2. The maximum Gasteiger partial charge on any atom is 0.260 e. The van der Waals surface area contributed by atoms with Crippen LogP contribution in [0.1, 0.15) is 33.5 Å². The molecule has 1 saturated heterocycles. The van der Waals surface area contributed by atoms with Crippen molar-refractivity contribution >= 4 is 11.8 Å². The van der Waals surface area contributed by atoms with E-state index in [0.717, 1.165) is 22.4 Å². The molecule has 2 aromatic carbocycles. The zero-order chi connectivity index (χ0) is 21.8. The zero-order valence-corrected chi connectivity index (χ0v) is 17.6. The van der Waals surface area contributed by atoms with Crippen LogP contribution in [0.5, 0.6) is 17.2 Å². The van der Waals surface area contributed by atoms with Crippen molar-refractivity contribution in [2.45, 2.75) is 27.2 Å². The Bertz CT molecular complexity index is 937. The molecule has 7 heteroatoms. The van der Waals surface area contributed by atoms with Gasteiger partial charge in [-0.1, -0.05) is 12.1 Å². The highest BCUT2D eigenvalue weighted by molar-refractivity contribution is 5.95. The summed E-state index contributed by atoms with van der Waals surface area (Å²) in [6.07, 6.45) is 0.644. The summed E-state index contributed by atoms with van der Waals surface area (Å²) in [5.74, 6) is 0.0313. The largest absolute Gasteiger partial charge is 0.508 e. The number of carbonyl (C=O) groups excluding carboxylic acids is 2. The summed E-state index contributed by atoms with van der Waals surface area (Å²) < 4.78 is 5.85. The molecule has 3 rings (SSSR count). The van der Waals surface area contributed by atoms with E-state index in [-0.39, 0.29) is 35.5 Å². The maximum atomic E-state index is 12.7. The van der Waals surface area contributed by atoms with Crippen LogP contribution in [-0.4, -0.2) is 64.6 Å². The van der Waals surface area contributed by atoms with Crippen LogP contribution >= 0.6 is 0 Å². The number of ether oxygens (including phenoxy) is 1. The topological polar surface area (TPSA) is 90.3 Å². The first-order valence-corrected chi connectivity index (χ1v) is 10.1. The highest BCUT2D eigenvalue weighted by atomic mass is 16.5. The lowest BCUT2D eigenvalue weighted by molar-refractivity contribution is -0.133. The summed E-state index contributed by atoms with van der Waals surface area (Å²) in [4.78, 5) is 28.8. The van der Waals surface area contributed by atoms with Crippen LogP contribution in [0.2, 0.25) is 0 Å². The number of phenols is 2. The highest BCUT2D eigenvalue weighted by Gasteiger charge is 2.24. The Morgan fingerprint density at radius 1 is 0.900 bits per heavy atom. The molecule has 1 fully saturated rings. The molecule has 0 bridgehead atoms. The fourth-order valence-electron chi connectivity index (χ4n) is 3.64. The van der Waals surface area contributed by atoms with E-state index in [2.05, 4.69) is 0 Å². The Kier molecular flexibility index (Phi) is 6.50. The van der Waals surface area contributed by atoms with E-state index in [1.54, 1.807) is 9.80 Å². The number of hydrogen-bond acceptors (Lipinski definition) is 5. The van der Waals surface area contributed by atoms with Gasteiger partial charge in [0.2, 0.25) is 0 Å². The molecule has 0 unspecified atom stereocenters. The minimum atomic E-state index is -0.280. The molecule has 0 atom stereocenters. The van der Waals surface area contributed by atoms with Gasteiger partial charge in [0.25, 0.3) is 11.8 Å². The fourth-order valence-corrected chi connectivity index (χ4v) is 3.64. The van der Waals surface area contributed by atoms with Gasteiger partial charge in [0.1, 0.15) is 17.2 Å². The molecule has 2 aromatic rings. The summed E-state index contributed by atoms with van der Waals surface area (Å²) in [6.45, 7) is 7.74. The Hall–Kier alpha value is -3.22.